The fourth-order valence-corrected chi connectivity index (χ4v) is 3.21. The summed E-state index contributed by atoms with van der Waals surface area (Å²) >= 11 is 0. The van der Waals surface area contributed by atoms with E-state index in [0.717, 1.165) is 31.8 Å². The zero-order valence-corrected chi connectivity index (χ0v) is 14.7. The molecule has 4 heteroatoms. The third-order valence-electron chi connectivity index (χ3n) is 4.86. The van der Waals surface area contributed by atoms with Crippen LogP contribution >= 0.6 is 0 Å². The highest BCUT2D eigenvalue weighted by Gasteiger charge is 2.23. The van der Waals surface area contributed by atoms with Crippen LogP contribution in [0.15, 0.2) is 24.3 Å². The van der Waals surface area contributed by atoms with Gasteiger partial charge < -0.3 is 10.1 Å². The smallest absolute Gasteiger partial charge is 0.257 e. The Kier molecular flexibility index (Phi) is 6.90. The van der Waals surface area contributed by atoms with E-state index in [9.17, 15) is 4.79 Å². The van der Waals surface area contributed by atoms with Crippen molar-refractivity contribution in [1.82, 2.24) is 10.2 Å². The summed E-state index contributed by atoms with van der Waals surface area (Å²) in [4.78, 5) is 14.5. The number of nitrogens with one attached hydrogen (secondary N) is 1. The lowest BCUT2D eigenvalue weighted by Crippen LogP contribution is -2.41. The molecule has 2 unspecified atom stereocenters. The molecule has 1 fully saturated rings. The van der Waals surface area contributed by atoms with E-state index in [1.54, 1.807) is 0 Å². The number of nitrogens with zero attached hydrogens (tertiary/aromatic N) is 1. The van der Waals surface area contributed by atoms with Crippen molar-refractivity contribution in [1.29, 1.82) is 0 Å². The first-order chi connectivity index (χ1) is 11.2. The van der Waals surface area contributed by atoms with E-state index >= 15 is 0 Å². The lowest BCUT2D eigenvalue weighted by atomic mass is 9.98. The van der Waals surface area contributed by atoms with Gasteiger partial charge in [0.25, 0.3) is 5.91 Å². The highest BCUT2D eigenvalue weighted by molar-refractivity contribution is 5.77. The Morgan fingerprint density at radius 1 is 1.39 bits per heavy atom. The maximum Gasteiger partial charge on any atom is 0.257 e. The molecule has 2 atom stereocenters. The maximum absolute atomic E-state index is 12.1. The fraction of sp³-hybridized carbons (Fsp3) is 0.632. The van der Waals surface area contributed by atoms with Crippen molar-refractivity contribution in [3.05, 3.63) is 29.8 Å². The summed E-state index contributed by atoms with van der Waals surface area (Å²) in [5.74, 6) is 1.23. The predicted molar refractivity (Wildman–Crippen MR) is 93.9 cm³/mol. The van der Waals surface area contributed by atoms with E-state index in [2.05, 4.69) is 37.1 Å². The van der Waals surface area contributed by atoms with Gasteiger partial charge in [0, 0.05) is 12.6 Å². The van der Waals surface area contributed by atoms with Crippen molar-refractivity contribution in [3.8, 4) is 5.75 Å². The van der Waals surface area contributed by atoms with Crippen LogP contribution < -0.4 is 10.1 Å². The van der Waals surface area contributed by atoms with E-state index in [-0.39, 0.29) is 12.5 Å². The number of carbonyl (C=O) groups excluding carboxylic acids is 1. The zero-order chi connectivity index (χ0) is 16.7. The minimum atomic E-state index is -0.0353. The largest absolute Gasteiger partial charge is 0.483 e. The molecule has 0 spiro atoms. The molecule has 1 aromatic rings. The molecule has 2 rings (SSSR count). The number of ether oxygens (including phenoxy) is 1. The van der Waals surface area contributed by atoms with E-state index in [1.165, 1.54) is 18.4 Å². The number of hydrogen-bond donors (Lipinski definition) is 1. The quantitative estimate of drug-likeness (QED) is 0.800. The number of likely N-dealkylation sites (tertiary alicyclic amines) is 1. The minimum absolute atomic E-state index is 0.0353. The molecule has 1 N–H and O–H groups in total. The van der Waals surface area contributed by atoms with Crippen molar-refractivity contribution in [2.75, 3.05) is 26.2 Å². The molecule has 23 heavy (non-hydrogen) atoms. The molecule has 0 radical (unpaired) electrons. The molecule has 1 aromatic carbocycles. The Morgan fingerprint density at radius 2 is 2.17 bits per heavy atom. The van der Waals surface area contributed by atoms with Gasteiger partial charge in [0.2, 0.25) is 0 Å². The van der Waals surface area contributed by atoms with Crippen LogP contribution in [0, 0.1) is 0 Å². The second kappa shape index (κ2) is 8.92. The number of para-hydroxylation sites is 1. The maximum atomic E-state index is 12.1. The van der Waals surface area contributed by atoms with Crippen LogP contribution in [0.25, 0.3) is 0 Å². The summed E-state index contributed by atoms with van der Waals surface area (Å²) < 4.78 is 5.76. The molecule has 1 aliphatic rings. The molecular formula is C19H30N2O2. The van der Waals surface area contributed by atoms with Gasteiger partial charge in [-0.1, -0.05) is 39.0 Å². The Bertz CT molecular complexity index is 504. The Balaban J connectivity index is 1.81. The molecule has 0 saturated carbocycles. The van der Waals surface area contributed by atoms with Crippen molar-refractivity contribution in [2.45, 2.75) is 52.0 Å². The Hall–Kier alpha value is -1.55. The number of amides is 1. The molecule has 1 amide bonds. The normalized spacial score (nSPS) is 19.5. The second-order valence-electron chi connectivity index (χ2n) is 6.36. The predicted octanol–water partition coefficient (Wildman–Crippen LogP) is 3.18. The third-order valence-corrected chi connectivity index (χ3v) is 4.86. The molecule has 1 aliphatic heterocycles. The topological polar surface area (TPSA) is 41.6 Å². The molecule has 4 nitrogen and oxygen atoms in total. The monoisotopic (exact) mass is 318 g/mol. The molecule has 128 valence electrons. The average Bonchev–Trinajstić information content (AvgIpc) is 3.05. The summed E-state index contributed by atoms with van der Waals surface area (Å²) in [5.41, 5.74) is 1.18. The molecule has 1 heterocycles. The van der Waals surface area contributed by atoms with Gasteiger partial charge in [0.1, 0.15) is 5.75 Å². The first-order valence-corrected chi connectivity index (χ1v) is 8.88. The van der Waals surface area contributed by atoms with Crippen molar-refractivity contribution < 1.29 is 9.53 Å². The molecule has 0 aromatic heterocycles. The van der Waals surface area contributed by atoms with E-state index in [1.807, 2.05) is 18.2 Å². The summed E-state index contributed by atoms with van der Waals surface area (Å²) in [5, 5.41) is 3.02. The highest BCUT2D eigenvalue weighted by Crippen LogP contribution is 2.28. The molecular weight excluding hydrogens is 288 g/mol. The minimum Gasteiger partial charge on any atom is -0.483 e. The Morgan fingerprint density at radius 3 is 2.91 bits per heavy atom. The highest BCUT2D eigenvalue weighted by atomic mass is 16.5. The Labute approximate surface area is 140 Å². The first kappa shape index (κ1) is 17.8. The van der Waals surface area contributed by atoms with Gasteiger partial charge in [-0.3, -0.25) is 9.69 Å². The summed E-state index contributed by atoms with van der Waals surface area (Å²) in [6, 6.07) is 8.49. The van der Waals surface area contributed by atoms with E-state index < -0.39 is 0 Å². The van der Waals surface area contributed by atoms with Crippen LogP contribution in [0.1, 0.15) is 51.5 Å². The SMILES string of the molecule is CCC(C)c1ccccc1OCC(=O)NCC1CCCN1CC. The summed E-state index contributed by atoms with van der Waals surface area (Å²) in [7, 11) is 0. The number of likely N-dealkylation sites (N-methyl/N-ethyl adjacent to an activating group) is 1. The number of carbonyl (C=O) groups is 1. The number of rotatable bonds is 8. The van der Waals surface area contributed by atoms with Crippen LogP contribution in [-0.4, -0.2) is 43.1 Å². The standard InChI is InChI=1S/C19H30N2O2/c1-4-15(3)17-10-6-7-11-18(17)23-14-19(22)20-13-16-9-8-12-21(16)5-2/h6-7,10-11,15-16H,4-5,8-9,12-14H2,1-3H3,(H,20,22). The van der Waals surface area contributed by atoms with Gasteiger partial charge >= 0.3 is 0 Å². The first-order valence-electron chi connectivity index (χ1n) is 8.88. The van der Waals surface area contributed by atoms with Crippen LogP contribution in [0.5, 0.6) is 5.75 Å². The molecule has 1 saturated heterocycles. The van der Waals surface area contributed by atoms with Gasteiger partial charge in [-0.15, -0.1) is 0 Å². The van der Waals surface area contributed by atoms with E-state index in [4.69, 9.17) is 4.74 Å². The third kappa shape index (κ3) is 4.96. The average molecular weight is 318 g/mol. The summed E-state index contributed by atoms with van der Waals surface area (Å²) in [6.45, 7) is 9.54. The number of hydrogen-bond acceptors (Lipinski definition) is 3. The van der Waals surface area contributed by atoms with Gasteiger partial charge in [-0.25, -0.2) is 0 Å². The summed E-state index contributed by atoms with van der Waals surface area (Å²) in [6.07, 6.45) is 3.46. The number of benzene rings is 1. The second-order valence-corrected chi connectivity index (χ2v) is 6.36. The van der Waals surface area contributed by atoms with Crippen LogP contribution in [-0.2, 0) is 4.79 Å². The van der Waals surface area contributed by atoms with Crippen molar-refractivity contribution in [3.63, 3.8) is 0 Å². The molecule has 0 bridgehead atoms. The lowest BCUT2D eigenvalue weighted by molar-refractivity contribution is -0.123. The van der Waals surface area contributed by atoms with E-state index in [0.29, 0.717) is 12.0 Å². The fourth-order valence-electron chi connectivity index (χ4n) is 3.21. The van der Waals surface area contributed by atoms with Crippen LogP contribution in [0.3, 0.4) is 0 Å². The lowest BCUT2D eigenvalue weighted by Gasteiger charge is -2.23. The van der Waals surface area contributed by atoms with Gasteiger partial charge in [0.15, 0.2) is 6.61 Å². The van der Waals surface area contributed by atoms with Crippen LogP contribution in [0.2, 0.25) is 0 Å². The van der Waals surface area contributed by atoms with Gasteiger partial charge in [-0.05, 0) is 49.9 Å². The van der Waals surface area contributed by atoms with Crippen LogP contribution in [0.4, 0.5) is 0 Å². The van der Waals surface area contributed by atoms with Gasteiger partial charge in [0.05, 0.1) is 0 Å². The van der Waals surface area contributed by atoms with Gasteiger partial charge in [-0.2, -0.15) is 0 Å². The van der Waals surface area contributed by atoms with Crippen molar-refractivity contribution >= 4 is 5.91 Å². The molecule has 0 aliphatic carbocycles. The zero-order valence-electron chi connectivity index (χ0n) is 14.7. The van der Waals surface area contributed by atoms with Crippen molar-refractivity contribution in [2.24, 2.45) is 0 Å².